The van der Waals surface area contributed by atoms with Gasteiger partial charge in [-0.15, -0.1) is 24.8 Å². The molecule has 7 heteroatoms. The molecule has 0 saturated carbocycles. The number of hydrogen-bond donors (Lipinski definition) is 1. The first-order valence-corrected chi connectivity index (χ1v) is 7.29. The van der Waals surface area contributed by atoms with Crippen LogP contribution in [0.5, 0.6) is 0 Å². The summed E-state index contributed by atoms with van der Waals surface area (Å²) in [7, 11) is 3.99. The monoisotopic (exact) mass is 364 g/mol. The van der Waals surface area contributed by atoms with Gasteiger partial charge in [-0.2, -0.15) is 5.26 Å². The Morgan fingerprint density at radius 2 is 1.95 bits per heavy atom. The molecule has 0 aromatic heterocycles. The van der Waals surface area contributed by atoms with Crippen LogP contribution in [-0.2, 0) is 0 Å². The third kappa shape index (κ3) is 5.19. The summed E-state index contributed by atoms with van der Waals surface area (Å²) in [6.07, 6.45) is 0.473. The van der Waals surface area contributed by atoms with Gasteiger partial charge in [-0.25, -0.2) is 0 Å². The van der Waals surface area contributed by atoms with Crippen LogP contribution in [0.2, 0.25) is 5.02 Å². The smallest absolute Gasteiger partial charge is 0.0641 e. The van der Waals surface area contributed by atoms with Gasteiger partial charge in [0.2, 0.25) is 0 Å². The van der Waals surface area contributed by atoms with Gasteiger partial charge in [0.15, 0.2) is 0 Å². The highest BCUT2D eigenvalue weighted by molar-refractivity contribution is 6.31. The summed E-state index contributed by atoms with van der Waals surface area (Å²) >= 11 is 6.44. The summed E-state index contributed by atoms with van der Waals surface area (Å²) in [6.45, 7) is 3.85. The lowest BCUT2D eigenvalue weighted by atomic mass is 10.0. The van der Waals surface area contributed by atoms with E-state index in [1.165, 1.54) is 0 Å². The molecule has 4 nitrogen and oxygen atoms in total. The predicted molar refractivity (Wildman–Crippen MR) is 97.7 cm³/mol. The van der Waals surface area contributed by atoms with Gasteiger partial charge in [0.1, 0.15) is 0 Å². The zero-order valence-corrected chi connectivity index (χ0v) is 15.3. The average molecular weight is 366 g/mol. The summed E-state index contributed by atoms with van der Waals surface area (Å²) in [4.78, 5) is 4.37. The normalized spacial score (nSPS) is 15.9. The topological polar surface area (TPSA) is 42.3 Å². The maximum Gasteiger partial charge on any atom is 0.0641 e. The van der Waals surface area contributed by atoms with Crippen LogP contribution in [-0.4, -0.2) is 45.2 Å². The molecule has 1 saturated heterocycles. The minimum atomic E-state index is 0. The zero-order chi connectivity index (χ0) is 14.5. The molecule has 124 valence electrons. The van der Waals surface area contributed by atoms with E-state index in [-0.39, 0.29) is 30.9 Å². The molecule has 1 N–H and O–H groups in total. The van der Waals surface area contributed by atoms with Crippen LogP contribution in [0.15, 0.2) is 18.2 Å². The fraction of sp³-hybridized carbons (Fsp3) is 0.533. The number of rotatable bonds is 4. The van der Waals surface area contributed by atoms with E-state index < -0.39 is 0 Å². The predicted octanol–water partition coefficient (Wildman–Crippen LogP) is 3.11. The van der Waals surface area contributed by atoms with E-state index in [9.17, 15) is 0 Å². The van der Waals surface area contributed by atoms with Gasteiger partial charge >= 0.3 is 0 Å². The van der Waals surface area contributed by atoms with Crippen molar-refractivity contribution in [1.82, 2.24) is 10.2 Å². The van der Waals surface area contributed by atoms with Crippen molar-refractivity contribution in [2.24, 2.45) is 0 Å². The second-order valence-corrected chi connectivity index (χ2v) is 5.67. The molecule has 0 bridgehead atoms. The maximum absolute atomic E-state index is 9.12. The second kappa shape index (κ2) is 10.1. The van der Waals surface area contributed by atoms with E-state index >= 15 is 0 Å². The fourth-order valence-electron chi connectivity index (χ4n) is 2.58. The van der Waals surface area contributed by atoms with Gasteiger partial charge in [-0.1, -0.05) is 17.7 Å². The number of hydrogen-bond acceptors (Lipinski definition) is 4. The van der Waals surface area contributed by atoms with Crippen LogP contribution in [0.25, 0.3) is 0 Å². The van der Waals surface area contributed by atoms with Gasteiger partial charge < -0.3 is 10.2 Å². The third-order valence-electron chi connectivity index (χ3n) is 3.74. The van der Waals surface area contributed by atoms with Crippen LogP contribution in [0.4, 0.5) is 5.69 Å². The Balaban J connectivity index is 0.00000220. The number of nitrogens with one attached hydrogen (secondary N) is 1. The molecule has 2 rings (SSSR count). The number of nitrogens with zero attached hydrogens (tertiary/aromatic N) is 3. The van der Waals surface area contributed by atoms with Gasteiger partial charge in [-0.05, 0) is 17.7 Å². The van der Waals surface area contributed by atoms with Crippen molar-refractivity contribution in [1.29, 1.82) is 5.26 Å². The molecule has 0 spiro atoms. The number of halogens is 3. The van der Waals surface area contributed by atoms with Crippen molar-refractivity contribution in [2.45, 2.75) is 12.5 Å². The third-order valence-corrected chi connectivity index (χ3v) is 4.06. The van der Waals surface area contributed by atoms with E-state index in [0.29, 0.717) is 6.42 Å². The molecule has 1 aromatic rings. The Labute approximate surface area is 150 Å². The quantitative estimate of drug-likeness (QED) is 0.890. The summed E-state index contributed by atoms with van der Waals surface area (Å²) in [5.41, 5.74) is 2.13. The fourth-order valence-corrected chi connectivity index (χ4v) is 2.88. The SMILES string of the molecule is CN(C)c1ccc([C@@H](CC#N)N2CCNCC2)c(Cl)c1.Cl.Cl. The molecule has 0 aliphatic carbocycles. The summed E-state index contributed by atoms with van der Waals surface area (Å²) < 4.78 is 0. The Morgan fingerprint density at radius 1 is 1.32 bits per heavy atom. The average Bonchev–Trinajstić information content (AvgIpc) is 2.46. The Hall–Kier alpha value is -0.700. The van der Waals surface area contributed by atoms with Gasteiger partial charge in [0.05, 0.1) is 12.5 Å². The maximum atomic E-state index is 9.12. The van der Waals surface area contributed by atoms with Crippen LogP contribution >= 0.6 is 36.4 Å². The first-order chi connectivity index (χ1) is 9.63. The molecule has 1 fully saturated rings. The molecule has 22 heavy (non-hydrogen) atoms. The van der Waals surface area contributed by atoms with E-state index in [1.807, 2.05) is 25.1 Å². The highest BCUT2D eigenvalue weighted by atomic mass is 35.5. The van der Waals surface area contributed by atoms with Crippen molar-refractivity contribution in [3.63, 3.8) is 0 Å². The minimum Gasteiger partial charge on any atom is -0.378 e. The van der Waals surface area contributed by atoms with E-state index in [0.717, 1.165) is 42.5 Å². The van der Waals surface area contributed by atoms with Crippen molar-refractivity contribution in [3.8, 4) is 6.07 Å². The van der Waals surface area contributed by atoms with Gasteiger partial charge in [0, 0.05) is 57.0 Å². The Kier molecular flexibility index (Phi) is 9.82. The van der Waals surface area contributed by atoms with E-state index in [4.69, 9.17) is 16.9 Å². The van der Waals surface area contributed by atoms with Gasteiger partial charge in [-0.3, -0.25) is 4.90 Å². The summed E-state index contributed by atoms with van der Waals surface area (Å²) in [5.74, 6) is 0. The highest BCUT2D eigenvalue weighted by Gasteiger charge is 2.24. The lowest BCUT2D eigenvalue weighted by Crippen LogP contribution is -2.45. The zero-order valence-electron chi connectivity index (χ0n) is 12.9. The molecular weight excluding hydrogens is 343 g/mol. The van der Waals surface area contributed by atoms with E-state index in [1.54, 1.807) is 0 Å². The highest BCUT2D eigenvalue weighted by Crippen LogP contribution is 2.32. The molecule has 1 aliphatic rings. The number of piperazine rings is 1. The standard InChI is InChI=1S/C15H21ClN4.2ClH/c1-19(2)12-3-4-13(14(16)11-12)15(5-6-17)20-9-7-18-8-10-20;;/h3-4,11,15,18H,5,7-10H2,1-2H3;2*1H/t15-;;/m1../s1. The molecule has 0 radical (unpaired) electrons. The van der Waals surface area contributed by atoms with Gasteiger partial charge in [0.25, 0.3) is 0 Å². The first kappa shape index (κ1) is 21.3. The summed E-state index contributed by atoms with van der Waals surface area (Å²) in [6, 6.07) is 8.48. The first-order valence-electron chi connectivity index (χ1n) is 6.92. The number of anilines is 1. The van der Waals surface area contributed by atoms with Crippen LogP contribution in [0.1, 0.15) is 18.0 Å². The van der Waals surface area contributed by atoms with Crippen molar-refractivity contribution < 1.29 is 0 Å². The molecular formula is C15H23Cl3N4. The lowest BCUT2D eigenvalue weighted by Gasteiger charge is -2.34. The van der Waals surface area contributed by atoms with Crippen molar-refractivity contribution in [3.05, 3.63) is 28.8 Å². The number of nitriles is 1. The largest absolute Gasteiger partial charge is 0.378 e. The van der Waals surface area contributed by atoms with Crippen LogP contribution in [0, 0.1) is 11.3 Å². The molecule has 1 heterocycles. The molecule has 0 amide bonds. The summed E-state index contributed by atoms with van der Waals surface area (Å²) in [5, 5.41) is 13.2. The number of benzene rings is 1. The van der Waals surface area contributed by atoms with Crippen LogP contribution in [0.3, 0.4) is 0 Å². The minimum absolute atomic E-state index is 0. The Bertz CT molecular complexity index is 496. The molecule has 0 unspecified atom stereocenters. The lowest BCUT2D eigenvalue weighted by molar-refractivity contribution is 0.175. The second-order valence-electron chi connectivity index (χ2n) is 5.26. The van der Waals surface area contributed by atoms with Crippen molar-refractivity contribution in [2.75, 3.05) is 45.2 Å². The van der Waals surface area contributed by atoms with Crippen LogP contribution < -0.4 is 10.2 Å². The van der Waals surface area contributed by atoms with Crippen molar-refractivity contribution >= 4 is 42.1 Å². The molecule has 1 atom stereocenters. The Morgan fingerprint density at radius 3 is 2.45 bits per heavy atom. The molecule has 1 aromatic carbocycles. The van der Waals surface area contributed by atoms with E-state index in [2.05, 4.69) is 28.4 Å². The molecule has 1 aliphatic heterocycles.